The van der Waals surface area contributed by atoms with E-state index in [1.807, 2.05) is 30.3 Å². The molecular formula is C23H27F2N3O3S. The lowest BCUT2D eigenvalue weighted by Gasteiger charge is -2.29. The molecule has 2 N–H and O–H groups in total. The van der Waals surface area contributed by atoms with Crippen LogP contribution in [0.1, 0.15) is 18.4 Å². The Bertz CT molecular complexity index is 1090. The van der Waals surface area contributed by atoms with Gasteiger partial charge in [0.25, 0.3) is 0 Å². The Balaban J connectivity index is 1.68. The van der Waals surface area contributed by atoms with Gasteiger partial charge in [0.1, 0.15) is 12.5 Å². The third kappa shape index (κ3) is 4.63. The molecule has 1 saturated carbocycles. The maximum atomic E-state index is 15.5. The van der Waals surface area contributed by atoms with Crippen LogP contribution in [0.2, 0.25) is 0 Å². The molecular weight excluding hydrogens is 436 g/mol. The van der Waals surface area contributed by atoms with E-state index >= 15 is 4.39 Å². The zero-order chi connectivity index (χ0) is 22.9. The molecule has 32 heavy (non-hydrogen) atoms. The fourth-order valence-electron chi connectivity index (χ4n) is 4.72. The molecule has 2 aromatic carbocycles. The molecule has 1 heterocycles. The molecule has 1 spiro atoms. The lowest BCUT2D eigenvalue weighted by Crippen LogP contribution is -2.51. The maximum absolute atomic E-state index is 15.5. The van der Waals surface area contributed by atoms with Crippen molar-refractivity contribution in [2.75, 3.05) is 26.0 Å². The molecule has 2 aliphatic rings. The molecule has 1 aliphatic heterocycles. The fourth-order valence-corrected chi connectivity index (χ4v) is 5.58. The second kappa shape index (κ2) is 8.78. The molecule has 2 atom stereocenters. The van der Waals surface area contributed by atoms with E-state index in [1.54, 1.807) is 23.1 Å². The summed E-state index contributed by atoms with van der Waals surface area (Å²) < 4.78 is 55.0. The van der Waals surface area contributed by atoms with Crippen LogP contribution in [-0.4, -0.2) is 57.5 Å². The number of carbonyl (C=O) groups excluding carboxylic acids is 1. The number of nitrogens with one attached hydrogen (secondary N) is 2. The highest BCUT2D eigenvalue weighted by Crippen LogP contribution is 2.55. The van der Waals surface area contributed by atoms with Gasteiger partial charge < -0.3 is 10.2 Å². The smallest absolute Gasteiger partial charge is 0.317 e. The molecule has 2 aromatic rings. The van der Waals surface area contributed by atoms with Gasteiger partial charge in [-0.2, -0.15) is 0 Å². The Kier molecular flexibility index (Phi) is 6.22. The van der Waals surface area contributed by atoms with Crippen LogP contribution in [0.4, 0.5) is 13.6 Å². The molecule has 9 heteroatoms. The second-order valence-electron chi connectivity index (χ2n) is 8.70. The number of amides is 2. The van der Waals surface area contributed by atoms with E-state index in [2.05, 4.69) is 10.0 Å². The SMILES string of the molecule is CS(=O)(=O)N[C@@H]1[C@H](Cc2cccc(-c3ccccc3)c2F)N(C(=O)NCCF)CC12CC2. The number of nitrogens with zero attached hydrogens (tertiary/aromatic N) is 1. The number of likely N-dealkylation sites (tertiary alicyclic amines) is 1. The van der Waals surface area contributed by atoms with Crippen LogP contribution >= 0.6 is 0 Å². The van der Waals surface area contributed by atoms with Crippen molar-refractivity contribution in [2.45, 2.75) is 31.3 Å². The van der Waals surface area contributed by atoms with E-state index in [9.17, 15) is 17.6 Å². The van der Waals surface area contributed by atoms with Gasteiger partial charge in [-0.05, 0) is 30.4 Å². The highest BCUT2D eigenvalue weighted by atomic mass is 32.2. The molecule has 0 aromatic heterocycles. The number of benzene rings is 2. The summed E-state index contributed by atoms with van der Waals surface area (Å²) in [7, 11) is -3.55. The van der Waals surface area contributed by atoms with Crippen LogP contribution in [0, 0.1) is 11.2 Å². The van der Waals surface area contributed by atoms with E-state index < -0.39 is 40.6 Å². The zero-order valence-electron chi connectivity index (χ0n) is 17.9. The molecule has 2 fully saturated rings. The normalized spacial score (nSPS) is 21.7. The average Bonchev–Trinajstić information content (AvgIpc) is 3.48. The van der Waals surface area contributed by atoms with Crippen molar-refractivity contribution in [3.63, 3.8) is 0 Å². The highest BCUT2D eigenvalue weighted by molar-refractivity contribution is 7.88. The molecule has 172 valence electrons. The van der Waals surface area contributed by atoms with Crippen LogP contribution in [0.3, 0.4) is 0 Å². The summed E-state index contributed by atoms with van der Waals surface area (Å²) in [5.74, 6) is -0.391. The molecule has 0 radical (unpaired) electrons. The molecule has 0 bridgehead atoms. The number of hydrogen-bond donors (Lipinski definition) is 2. The van der Waals surface area contributed by atoms with Crippen molar-refractivity contribution in [3.8, 4) is 11.1 Å². The average molecular weight is 464 g/mol. The third-order valence-electron chi connectivity index (χ3n) is 6.39. The zero-order valence-corrected chi connectivity index (χ0v) is 18.7. The largest absolute Gasteiger partial charge is 0.335 e. The number of sulfonamides is 1. The molecule has 4 rings (SSSR count). The van der Waals surface area contributed by atoms with Crippen molar-refractivity contribution in [1.82, 2.24) is 14.9 Å². The standard InChI is InChI=1S/C23H27F2N3O3S/c1-32(30,31)27-21-19(28(15-23(21)10-11-23)22(29)26-13-12-24)14-17-8-5-9-18(20(17)25)16-6-3-2-4-7-16/h2-9,19,21,27H,10-15H2,1H3,(H,26,29)/t19-,21+/m0/s1. The summed E-state index contributed by atoms with van der Waals surface area (Å²) >= 11 is 0. The fraction of sp³-hybridized carbons (Fsp3) is 0.435. The van der Waals surface area contributed by atoms with Gasteiger partial charge in [-0.25, -0.2) is 26.7 Å². The van der Waals surface area contributed by atoms with Crippen LogP contribution in [0.5, 0.6) is 0 Å². The highest BCUT2D eigenvalue weighted by Gasteiger charge is 2.61. The lowest BCUT2D eigenvalue weighted by molar-refractivity contribution is 0.187. The van der Waals surface area contributed by atoms with Crippen LogP contribution in [0.25, 0.3) is 11.1 Å². The minimum Gasteiger partial charge on any atom is -0.335 e. The Hall–Kier alpha value is -2.52. The van der Waals surface area contributed by atoms with Gasteiger partial charge in [0, 0.05) is 30.1 Å². The second-order valence-corrected chi connectivity index (χ2v) is 10.5. The maximum Gasteiger partial charge on any atom is 0.317 e. The first-order valence-electron chi connectivity index (χ1n) is 10.6. The molecule has 2 amide bonds. The van der Waals surface area contributed by atoms with Gasteiger partial charge in [-0.1, -0.05) is 48.5 Å². The predicted octanol–water partition coefficient (Wildman–Crippen LogP) is 3.10. The summed E-state index contributed by atoms with van der Waals surface area (Å²) in [6.07, 6.45) is 2.78. The summed E-state index contributed by atoms with van der Waals surface area (Å²) in [4.78, 5) is 14.3. The van der Waals surface area contributed by atoms with Gasteiger partial charge in [0.15, 0.2) is 0 Å². The summed E-state index contributed by atoms with van der Waals surface area (Å²) in [5.41, 5.74) is 1.22. The third-order valence-corrected chi connectivity index (χ3v) is 7.07. The first-order chi connectivity index (χ1) is 15.2. The quantitative estimate of drug-likeness (QED) is 0.662. The van der Waals surface area contributed by atoms with Crippen molar-refractivity contribution in [3.05, 3.63) is 59.9 Å². The van der Waals surface area contributed by atoms with Crippen LogP contribution in [-0.2, 0) is 16.4 Å². The number of hydrogen-bond acceptors (Lipinski definition) is 3. The first-order valence-corrected chi connectivity index (χ1v) is 12.5. The number of urea groups is 1. The Morgan fingerprint density at radius 2 is 1.88 bits per heavy atom. The Morgan fingerprint density at radius 3 is 2.50 bits per heavy atom. The predicted molar refractivity (Wildman–Crippen MR) is 119 cm³/mol. The van der Waals surface area contributed by atoms with E-state index in [0.717, 1.165) is 24.7 Å². The molecule has 0 unspecified atom stereocenters. The van der Waals surface area contributed by atoms with Crippen molar-refractivity contribution >= 4 is 16.1 Å². The van der Waals surface area contributed by atoms with Crippen molar-refractivity contribution in [1.29, 1.82) is 0 Å². The molecule has 6 nitrogen and oxygen atoms in total. The number of halogens is 2. The van der Waals surface area contributed by atoms with Gasteiger partial charge in [0.2, 0.25) is 10.0 Å². The van der Waals surface area contributed by atoms with Gasteiger partial charge in [-0.15, -0.1) is 0 Å². The van der Waals surface area contributed by atoms with Gasteiger partial charge in [-0.3, -0.25) is 0 Å². The van der Waals surface area contributed by atoms with Gasteiger partial charge >= 0.3 is 6.03 Å². The number of carbonyl (C=O) groups is 1. The Labute approximate surface area is 187 Å². The van der Waals surface area contributed by atoms with Gasteiger partial charge in [0.05, 0.1) is 12.3 Å². The van der Waals surface area contributed by atoms with E-state index in [-0.39, 0.29) is 18.4 Å². The summed E-state index contributed by atoms with van der Waals surface area (Å²) in [6.45, 7) is -0.478. The first kappa shape index (κ1) is 22.7. The minimum atomic E-state index is -3.55. The van der Waals surface area contributed by atoms with E-state index in [0.29, 0.717) is 17.7 Å². The van der Waals surface area contributed by atoms with E-state index in [4.69, 9.17) is 0 Å². The van der Waals surface area contributed by atoms with E-state index in [1.165, 1.54) is 0 Å². The lowest BCUT2D eigenvalue weighted by atomic mass is 9.91. The topological polar surface area (TPSA) is 78.5 Å². The summed E-state index contributed by atoms with van der Waals surface area (Å²) in [6, 6.07) is 12.7. The molecule has 1 saturated heterocycles. The van der Waals surface area contributed by atoms with Crippen molar-refractivity contribution in [2.24, 2.45) is 5.41 Å². The Morgan fingerprint density at radius 1 is 1.16 bits per heavy atom. The number of alkyl halides is 1. The molecule has 1 aliphatic carbocycles. The number of rotatable bonds is 7. The monoisotopic (exact) mass is 463 g/mol. The van der Waals surface area contributed by atoms with Crippen LogP contribution < -0.4 is 10.0 Å². The van der Waals surface area contributed by atoms with Crippen molar-refractivity contribution < 1.29 is 22.0 Å². The van der Waals surface area contributed by atoms with Crippen LogP contribution in [0.15, 0.2) is 48.5 Å². The minimum absolute atomic E-state index is 0.128. The summed E-state index contributed by atoms with van der Waals surface area (Å²) in [5, 5.41) is 2.53.